The summed E-state index contributed by atoms with van der Waals surface area (Å²) in [6.07, 6.45) is 2.74. The average molecular weight is 244 g/mol. The van der Waals surface area contributed by atoms with Gasteiger partial charge in [-0.3, -0.25) is 0 Å². The van der Waals surface area contributed by atoms with Crippen LogP contribution in [0.5, 0.6) is 0 Å². The molecule has 0 atom stereocenters. The quantitative estimate of drug-likeness (QED) is 0.852. The zero-order valence-electron chi connectivity index (χ0n) is 8.97. The van der Waals surface area contributed by atoms with Crippen molar-refractivity contribution in [3.05, 3.63) is 34.6 Å². The molecule has 0 aliphatic heterocycles. The van der Waals surface area contributed by atoms with Crippen LogP contribution in [0.25, 0.3) is 0 Å². The van der Waals surface area contributed by atoms with Crippen LogP contribution in [-0.2, 0) is 6.54 Å². The zero-order chi connectivity index (χ0) is 11.6. The van der Waals surface area contributed by atoms with Crippen LogP contribution in [0, 0.1) is 5.82 Å². The van der Waals surface area contributed by atoms with Crippen molar-refractivity contribution >= 4 is 11.6 Å². The normalized spacial score (nSPS) is 18.2. The molecule has 0 unspecified atom stereocenters. The third kappa shape index (κ3) is 2.73. The number of aliphatic hydroxyl groups is 1. The fourth-order valence-electron chi connectivity index (χ4n) is 1.87. The highest BCUT2D eigenvalue weighted by Gasteiger charge is 2.33. The van der Waals surface area contributed by atoms with Crippen molar-refractivity contribution in [2.24, 2.45) is 0 Å². The first-order valence-corrected chi connectivity index (χ1v) is 5.84. The second-order valence-electron chi connectivity index (χ2n) is 4.42. The molecule has 1 aliphatic rings. The SMILES string of the molecule is OC1(CNCc2cc(Cl)ccc2F)CCC1. The Morgan fingerprint density at radius 2 is 2.19 bits per heavy atom. The molecular weight excluding hydrogens is 229 g/mol. The predicted molar refractivity (Wildman–Crippen MR) is 61.9 cm³/mol. The van der Waals surface area contributed by atoms with Crippen molar-refractivity contribution in [1.29, 1.82) is 0 Å². The number of hydrogen-bond acceptors (Lipinski definition) is 2. The smallest absolute Gasteiger partial charge is 0.127 e. The number of halogens is 2. The van der Waals surface area contributed by atoms with Crippen LogP contribution in [0.1, 0.15) is 24.8 Å². The van der Waals surface area contributed by atoms with E-state index in [1.54, 1.807) is 6.07 Å². The summed E-state index contributed by atoms with van der Waals surface area (Å²) in [5.41, 5.74) is -0.0369. The molecule has 0 bridgehead atoms. The molecule has 2 nitrogen and oxygen atoms in total. The maximum atomic E-state index is 13.3. The van der Waals surface area contributed by atoms with Gasteiger partial charge in [0.1, 0.15) is 5.82 Å². The van der Waals surface area contributed by atoms with E-state index in [4.69, 9.17) is 11.6 Å². The molecule has 1 aromatic rings. The van der Waals surface area contributed by atoms with Gasteiger partial charge in [0.2, 0.25) is 0 Å². The Morgan fingerprint density at radius 1 is 1.44 bits per heavy atom. The Balaban J connectivity index is 1.87. The van der Waals surface area contributed by atoms with E-state index in [0.29, 0.717) is 23.7 Å². The number of rotatable bonds is 4. The van der Waals surface area contributed by atoms with Crippen LogP contribution in [0.3, 0.4) is 0 Å². The van der Waals surface area contributed by atoms with E-state index in [1.165, 1.54) is 12.1 Å². The first-order chi connectivity index (χ1) is 7.59. The van der Waals surface area contributed by atoms with Crippen molar-refractivity contribution in [1.82, 2.24) is 5.32 Å². The molecule has 0 saturated heterocycles. The molecule has 1 saturated carbocycles. The zero-order valence-corrected chi connectivity index (χ0v) is 9.73. The minimum Gasteiger partial charge on any atom is -0.389 e. The van der Waals surface area contributed by atoms with E-state index < -0.39 is 5.60 Å². The number of hydrogen-bond donors (Lipinski definition) is 2. The van der Waals surface area contributed by atoms with Crippen LogP contribution < -0.4 is 5.32 Å². The van der Waals surface area contributed by atoms with E-state index in [9.17, 15) is 9.50 Å². The highest BCUT2D eigenvalue weighted by molar-refractivity contribution is 6.30. The first-order valence-electron chi connectivity index (χ1n) is 5.46. The van der Waals surface area contributed by atoms with Gasteiger partial charge in [0.05, 0.1) is 5.60 Å². The molecule has 0 spiro atoms. The minimum atomic E-state index is -0.574. The third-order valence-electron chi connectivity index (χ3n) is 3.06. The first kappa shape index (κ1) is 11.8. The second kappa shape index (κ2) is 4.70. The highest BCUT2D eigenvalue weighted by atomic mass is 35.5. The lowest BCUT2D eigenvalue weighted by Gasteiger charge is -2.36. The van der Waals surface area contributed by atoms with Crippen molar-refractivity contribution in [2.75, 3.05) is 6.54 Å². The van der Waals surface area contributed by atoms with Gasteiger partial charge < -0.3 is 10.4 Å². The van der Waals surface area contributed by atoms with Gasteiger partial charge in [-0.25, -0.2) is 4.39 Å². The lowest BCUT2D eigenvalue weighted by atomic mass is 9.80. The maximum Gasteiger partial charge on any atom is 0.127 e. The Kier molecular flexibility index (Phi) is 3.47. The monoisotopic (exact) mass is 243 g/mol. The molecule has 0 heterocycles. The Labute approximate surface area is 99.4 Å². The summed E-state index contributed by atoms with van der Waals surface area (Å²) in [5, 5.41) is 13.4. The van der Waals surface area contributed by atoms with Gasteiger partial charge in [-0.1, -0.05) is 11.6 Å². The second-order valence-corrected chi connectivity index (χ2v) is 4.85. The van der Waals surface area contributed by atoms with Crippen LogP contribution >= 0.6 is 11.6 Å². The molecular formula is C12H15ClFNO. The summed E-state index contributed by atoms with van der Waals surface area (Å²) in [6, 6.07) is 4.49. The fraction of sp³-hybridized carbons (Fsp3) is 0.500. The predicted octanol–water partition coefficient (Wildman–Crippen LogP) is 2.48. The average Bonchev–Trinajstić information content (AvgIpc) is 2.21. The molecule has 1 aromatic carbocycles. The molecule has 16 heavy (non-hydrogen) atoms. The van der Waals surface area contributed by atoms with E-state index in [0.717, 1.165) is 19.3 Å². The molecule has 0 amide bonds. The van der Waals surface area contributed by atoms with E-state index in [1.807, 2.05) is 0 Å². The van der Waals surface area contributed by atoms with Crippen molar-refractivity contribution in [2.45, 2.75) is 31.4 Å². The molecule has 1 fully saturated rings. The standard InChI is InChI=1S/C12H15ClFNO/c13-10-2-3-11(14)9(6-10)7-15-8-12(16)4-1-5-12/h2-3,6,15-16H,1,4-5,7-8H2. The Hall–Kier alpha value is -0.640. The molecule has 2 rings (SSSR count). The van der Waals surface area contributed by atoms with Gasteiger partial charge in [-0.05, 0) is 37.5 Å². The van der Waals surface area contributed by atoms with Gasteiger partial charge in [0.15, 0.2) is 0 Å². The van der Waals surface area contributed by atoms with Crippen LogP contribution in [-0.4, -0.2) is 17.3 Å². The van der Waals surface area contributed by atoms with E-state index >= 15 is 0 Å². The largest absolute Gasteiger partial charge is 0.389 e. The van der Waals surface area contributed by atoms with Crippen LogP contribution in [0.2, 0.25) is 5.02 Å². The molecule has 2 N–H and O–H groups in total. The molecule has 88 valence electrons. The molecule has 4 heteroatoms. The Morgan fingerprint density at radius 3 is 2.81 bits per heavy atom. The van der Waals surface area contributed by atoms with Gasteiger partial charge in [0, 0.05) is 23.7 Å². The van der Waals surface area contributed by atoms with Gasteiger partial charge in [-0.2, -0.15) is 0 Å². The van der Waals surface area contributed by atoms with Crippen molar-refractivity contribution < 1.29 is 9.50 Å². The maximum absolute atomic E-state index is 13.3. The summed E-state index contributed by atoms with van der Waals surface area (Å²) >= 11 is 5.78. The summed E-state index contributed by atoms with van der Waals surface area (Å²) < 4.78 is 13.3. The lowest BCUT2D eigenvalue weighted by molar-refractivity contribution is -0.0315. The summed E-state index contributed by atoms with van der Waals surface area (Å²) in [6.45, 7) is 0.910. The summed E-state index contributed by atoms with van der Waals surface area (Å²) in [5.74, 6) is -0.266. The van der Waals surface area contributed by atoms with E-state index in [-0.39, 0.29) is 5.82 Å². The molecule has 0 aromatic heterocycles. The van der Waals surface area contributed by atoms with Gasteiger partial charge >= 0.3 is 0 Å². The highest BCUT2D eigenvalue weighted by Crippen LogP contribution is 2.30. The lowest BCUT2D eigenvalue weighted by Crippen LogP contribution is -2.46. The fourth-order valence-corrected chi connectivity index (χ4v) is 2.06. The van der Waals surface area contributed by atoms with Crippen LogP contribution in [0.4, 0.5) is 4.39 Å². The topological polar surface area (TPSA) is 32.3 Å². The molecule has 0 radical (unpaired) electrons. The number of nitrogens with one attached hydrogen (secondary N) is 1. The molecule has 1 aliphatic carbocycles. The third-order valence-corrected chi connectivity index (χ3v) is 3.30. The van der Waals surface area contributed by atoms with E-state index in [2.05, 4.69) is 5.32 Å². The minimum absolute atomic E-state index is 0.266. The Bertz CT molecular complexity index is 379. The van der Waals surface area contributed by atoms with Gasteiger partial charge in [-0.15, -0.1) is 0 Å². The van der Waals surface area contributed by atoms with Crippen molar-refractivity contribution in [3.63, 3.8) is 0 Å². The van der Waals surface area contributed by atoms with Crippen molar-refractivity contribution in [3.8, 4) is 0 Å². The van der Waals surface area contributed by atoms with Gasteiger partial charge in [0.25, 0.3) is 0 Å². The summed E-state index contributed by atoms with van der Waals surface area (Å²) in [4.78, 5) is 0. The van der Waals surface area contributed by atoms with Crippen LogP contribution in [0.15, 0.2) is 18.2 Å². The number of benzene rings is 1. The summed E-state index contributed by atoms with van der Waals surface area (Å²) in [7, 11) is 0.